The summed E-state index contributed by atoms with van der Waals surface area (Å²) < 4.78 is 33.9. The van der Waals surface area contributed by atoms with Crippen LogP contribution in [0.2, 0.25) is 5.02 Å². The molecule has 1 saturated carbocycles. The molecule has 0 radical (unpaired) electrons. The van der Waals surface area contributed by atoms with E-state index in [0.29, 0.717) is 30.4 Å². The maximum Gasteiger partial charge on any atom is 0.229 e. The third-order valence-corrected chi connectivity index (χ3v) is 9.78. The van der Waals surface area contributed by atoms with Gasteiger partial charge in [-0.25, -0.2) is 13.4 Å². The number of sulfone groups is 1. The van der Waals surface area contributed by atoms with Gasteiger partial charge in [0.25, 0.3) is 0 Å². The van der Waals surface area contributed by atoms with Crippen LogP contribution in [0.4, 0.5) is 23.1 Å². The monoisotopic (exact) mass is 573 g/mol. The van der Waals surface area contributed by atoms with Gasteiger partial charge in [-0.3, -0.25) is 4.68 Å². The standard InChI is InChI=1S/C27H36ClN7O3S/c1-16(2)38-24-13-20(18-8-10-29-11-9-18)17(3)12-22(24)32-27-30-14-21(28)25(33-27)31-23-15-35(4)34-26(23)39(36,37)19-6-5-7-19/h12-16,18-19,29H,5-11H2,1-4H3,(H2,30,31,32,33). The second-order valence-electron chi connectivity index (χ2n) is 10.7. The van der Waals surface area contributed by atoms with Crippen LogP contribution in [0.3, 0.4) is 0 Å². The van der Waals surface area contributed by atoms with Crippen LogP contribution in [0.25, 0.3) is 0 Å². The highest BCUT2D eigenvalue weighted by molar-refractivity contribution is 7.92. The molecule has 1 aliphatic heterocycles. The van der Waals surface area contributed by atoms with E-state index >= 15 is 0 Å². The fourth-order valence-electron chi connectivity index (χ4n) is 5.09. The summed E-state index contributed by atoms with van der Waals surface area (Å²) in [6.07, 6.45) is 7.48. The average molecular weight is 574 g/mol. The Hall–Kier alpha value is -2.89. The van der Waals surface area contributed by atoms with Crippen molar-refractivity contribution in [2.24, 2.45) is 7.05 Å². The van der Waals surface area contributed by atoms with E-state index in [1.165, 1.54) is 22.0 Å². The highest BCUT2D eigenvalue weighted by Gasteiger charge is 2.36. The van der Waals surface area contributed by atoms with Gasteiger partial charge in [0.15, 0.2) is 5.82 Å². The molecule has 3 heterocycles. The van der Waals surface area contributed by atoms with Gasteiger partial charge in [-0.05, 0) is 88.7 Å². The lowest BCUT2D eigenvalue weighted by molar-refractivity contribution is 0.243. The van der Waals surface area contributed by atoms with Crippen molar-refractivity contribution in [3.8, 4) is 5.75 Å². The Balaban J connectivity index is 1.44. The molecule has 1 aromatic carbocycles. The predicted molar refractivity (Wildman–Crippen MR) is 153 cm³/mol. The van der Waals surface area contributed by atoms with Gasteiger partial charge in [-0.2, -0.15) is 10.1 Å². The molecule has 0 atom stereocenters. The molecule has 1 aliphatic carbocycles. The molecule has 3 aromatic rings. The van der Waals surface area contributed by atoms with Gasteiger partial charge >= 0.3 is 0 Å². The number of nitrogens with one attached hydrogen (secondary N) is 3. The van der Waals surface area contributed by atoms with Gasteiger partial charge in [-0.15, -0.1) is 0 Å². The molecular formula is C27H36ClN7O3S. The summed E-state index contributed by atoms with van der Waals surface area (Å²) >= 11 is 6.43. The van der Waals surface area contributed by atoms with Crippen molar-refractivity contribution in [1.82, 2.24) is 25.1 Å². The van der Waals surface area contributed by atoms with Crippen molar-refractivity contribution in [2.75, 3.05) is 23.7 Å². The molecule has 5 rings (SSSR count). The van der Waals surface area contributed by atoms with Gasteiger partial charge in [0.2, 0.25) is 20.8 Å². The normalized spacial score (nSPS) is 16.8. The van der Waals surface area contributed by atoms with E-state index in [2.05, 4.69) is 50.1 Å². The maximum absolute atomic E-state index is 13.1. The Labute approximate surface area is 234 Å². The van der Waals surface area contributed by atoms with Crippen molar-refractivity contribution in [2.45, 2.75) is 75.2 Å². The zero-order valence-corrected chi connectivity index (χ0v) is 24.4. The fraction of sp³-hybridized carbons (Fsp3) is 0.519. The van der Waals surface area contributed by atoms with Crippen LogP contribution in [0, 0.1) is 6.92 Å². The first-order valence-corrected chi connectivity index (χ1v) is 15.4. The third-order valence-electron chi connectivity index (χ3n) is 7.31. The molecule has 2 fully saturated rings. The number of hydrogen-bond acceptors (Lipinski definition) is 9. The molecule has 0 amide bonds. The van der Waals surface area contributed by atoms with Crippen molar-refractivity contribution < 1.29 is 13.2 Å². The van der Waals surface area contributed by atoms with E-state index in [4.69, 9.17) is 16.3 Å². The van der Waals surface area contributed by atoms with Crippen molar-refractivity contribution >= 4 is 44.6 Å². The number of piperidine rings is 1. The molecule has 0 spiro atoms. The van der Waals surface area contributed by atoms with Crippen molar-refractivity contribution in [3.05, 3.63) is 40.7 Å². The summed E-state index contributed by atoms with van der Waals surface area (Å²) in [6, 6.07) is 4.21. The summed E-state index contributed by atoms with van der Waals surface area (Å²) in [6.45, 7) is 8.14. The number of aromatic nitrogens is 4. The summed E-state index contributed by atoms with van der Waals surface area (Å²) in [5.41, 5.74) is 3.56. The topological polar surface area (TPSA) is 123 Å². The number of ether oxygens (including phenoxy) is 1. The highest BCUT2D eigenvalue weighted by Crippen LogP contribution is 2.38. The first kappa shape index (κ1) is 27.7. The van der Waals surface area contributed by atoms with Gasteiger partial charge in [0, 0.05) is 13.2 Å². The Morgan fingerprint density at radius 3 is 2.54 bits per heavy atom. The van der Waals surface area contributed by atoms with Gasteiger partial charge < -0.3 is 20.7 Å². The number of benzene rings is 1. The van der Waals surface area contributed by atoms with Crippen LogP contribution in [-0.2, 0) is 16.9 Å². The summed E-state index contributed by atoms with van der Waals surface area (Å²) in [5, 5.41) is 13.9. The van der Waals surface area contributed by atoms with Crippen molar-refractivity contribution in [3.63, 3.8) is 0 Å². The van der Waals surface area contributed by atoms with Gasteiger partial charge in [0.1, 0.15) is 10.8 Å². The number of rotatable bonds is 9. The molecule has 12 heteroatoms. The third kappa shape index (κ3) is 6.00. The SMILES string of the molecule is Cc1cc(Nc2ncc(Cl)c(Nc3cn(C)nc3S(=O)(=O)C3CCC3)n2)c(OC(C)C)cc1C1CCNCC1. The Morgan fingerprint density at radius 1 is 1.13 bits per heavy atom. The van der Waals surface area contributed by atoms with E-state index in [9.17, 15) is 8.42 Å². The largest absolute Gasteiger partial charge is 0.489 e. The molecule has 2 aromatic heterocycles. The Bertz CT molecular complexity index is 1450. The smallest absolute Gasteiger partial charge is 0.229 e. The van der Waals surface area contributed by atoms with E-state index in [0.717, 1.165) is 43.8 Å². The molecule has 0 unspecified atom stereocenters. The molecule has 10 nitrogen and oxygen atoms in total. The summed E-state index contributed by atoms with van der Waals surface area (Å²) in [4.78, 5) is 8.94. The lowest BCUT2D eigenvalue weighted by atomic mass is 9.87. The molecule has 1 saturated heterocycles. The zero-order valence-electron chi connectivity index (χ0n) is 22.8. The fourth-order valence-corrected chi connectivity index (χ4v) is 7.15. The summed E-state index contributed by atoms with van der Waals surface area (Å²) in [5.74, 6) is 1.80. The molecule has 39 heavy (non-hydrogen) atoms. The van der Waals surface area contributed by atoms with Crippen LogP contribution < -0.4 is 20.7 Å². The van der Waals surface area contributed by atoms with Crippen LogP contribution in [-0.4, -0.2) is 52.6 Å². The lowest BCUT2D eigenvalue weighted by Gasteiger charge is -2.26. The average Bonchev–Trinajstić information content (AvgIpc) is 3.22. The number of aryl methyl sites for hydroxylation is 2. The summed E-state index contributed by atoms with van der Waals surface area (Å²) in [7, 11) is -1.87. The van der Waals surface area contributed by atoms with Gasteiger partial charge in [0.05, 0.1) is 28.9 Å². The molecular weight excluding hydrogens is 538 g/mol. The highest BCUT2D eigenvalue weighted by atomic mass is 35.5. The molecule has 2 aliphatic rings. The van der Waals surface area contributed by atoms with Crippen LogP contribution in [0.1, 0.15) is 63.0 Å². The van der Waals surface area contributed by atoms with Gasteiger partial charge in [-0.1, -0.05) is 18.0 Å². The minimum atomic E-state index is -3.56. The Kier molecular flexibility index (Phi) is 8.02. The maximum atomic E-state index is 13.1. The quantitative estimate of drug-likeness (QED) is 0.315. The Morgan fingerprint density at radius 2 is 1.87 bits per heavy atom. The second kappa shape index (κ2) is 11.3. The van der Waals surface area contributed by atoms with E-state index < -0.39 is 15.1 Å². The number of halogens is 1. The van der Waals surface area contributed by atoms with Crippen LogP contribution >= 0.6 is 11.6 Å². The van der Waals surface area contributed by atoms with Crippen LogP contribution in [0.5, 0.6) is 5.75 Å². The zero-order chi connectivity index (χ0) is 27.7. The molecule has 210 valence electrons. The first-order chi connectivity index (χ1) is 18.6. The van der Waals surface area contributed by atoms with E-state index in [-0.39, 0.29) is 22.0 Å². The van der Waals surface area contributed by atoms with Crippen LogP contribution in [0.15, 0.2) is 29.6 Å². The number of hydrogen-bond donors (Lipinski definition) is 3. The first-order valence-electron chi connectivity index (χ1n) is 13.5. The minimum Gasteiger partial charge on any atom is -0.489 e. The minimum absolute atomic E-state index is 0.00985. The molecule has 0 bridgehead atoms. The molecule has 3 N–H and O–H groups in total. The second-order valence-corrected chi connectivity index (χ2v) is 13.2. The van der Waals surface area contributed by atoms with E-state index in [1.54, 1.807) is 13.2 Å². The predicted octanol–water partition coefficient (Wildman–Crippen LogP) is 5.24. The van der Waals surface area contributed by atoms with E-state index in [1.807, 2.05) is 13.8 Å². The number of anilines is 4. The van der Waals surface area contributed by atoms with Crippen molar-refractivity contribution in [1.29, 1.82) is 0 Å². The lowest BCUT2D eigenvalue weighted by Crippen LogP contribution is -2.29. The number of nitrogens with zero attached hydrogens (tertiary/aromatic N) is 4.